The zero-order valence-corrected chi connectivity index (χ0v) is 11.8. The summed E-state index contributed by atoms with van der Waals surface area (Å²) in [6.45, 7) is 0.356. The van der Waals surface area contributed by atoms with E-state index in [4.69, 9.17) is 15.9 Å². The molecule has 1 saturated carbocycles. The first-order valence-corrected chi connectivity index (χ1v) is 6.61. The SMILES string of the molecule is N=C(N)CC1(COc2ccc(Br)cc2[N+](=O)[O-])CC1. The summed E-state index contributed by atoms with van der Waals surface area (Å²) in [7, 11) is 0. The lowest BCUT2D eigenvalue weighted by molar-refractivity contribution is -0.386. The molecule has 19 heavy (non-hydrogen) atoms. The first-order chi connectivity index (χ1) is 8.92. The molecule has 1 aromatic carbocycles. The van der Waals surface area contributed by atoms with Gasteiger partial charge in [-0.25, -0.2) is 0 Å². The molecule has 7 heteroatoms. The Kier molecular flexibility index (Phi) is 3.75. The molecule has 0 amide bonds. The Hall–Kier alpha value is -1.63. The second kappa shape index (κ2) is 5.16. The number of nitrogens with one attached hydrogen (secondary N) is 1. The quantitative estimate of drug-likeness (QED) is 0.363. The highest BCUT2D eigenvalue weighted by Crippen LogP contribution is 2.49. The minimum atomic E-state index is -0.468. The fourth-order valence-electron chi connectivity index (χ4n) is 1.94. The Labute approximate surface area is 118 Å². The van der Waals surface area contributed by atoms with Gasteiger partial charge in [-0.15, -0.1) is 0 Å². The van der Waals surface area contributed by atoms with Gasteiger partial charge in [-0.3, -0.25) is 15.5 Å². The number of halogens is 1. The Bertz CT molecular complexity index is 529. The van der Waals surface area contributed by atoms with Crippen molar-refractivity contribution in [1.29, 1.82) is 5.41 Å². The number of ether oxygens (including phenoxy) is 1. The number of nitrogens with two attached hydrogens (primary N) is 1. The average molecular weight is 328 g/mol. The molecular formula is C12H14BrN3O3. The summed E-state index contributed by atoms with van der Waals surface area (Å²) in [6.07, 6.45) is 2.37. The van der Waals surface area contributed by atoms with E-state index in [0.717, 1.165) is 12.8 Å². The van der Waals surface area contributed by atoms with Gasteiger partial charge in [-0.05, 0) is 25.0 Å². The van der Waals surface area contributed by atoms with Crippen LogP contribution in [0, 0.1) is 20.9 Å². The molecule has 0 heterocycles. The molecular weight excluding hydrogens is 314 g/mol. The number of nitro groups is 1. The number of hydrogen-bond acceptors (Lipinski definition) is 4. The summed E-state index contributed by atoms with van der Waals surface area (Å²) < 4.78 is 6.20. The molecule has 2 rings (SSSR count). The van der Waals surface area contributed by atoms with Crippen LogP contribution in [-0.4, -0.2) is 17.4 Å². The van der Waals surface area contributed by atoms with Crippen molar-refractivity contribution in [2.75, 3.05) is 6.61 Å². The second-order valence-corrected chi connectivity index (χ2v) is 5.78. The highest BCUT2D eigenvalue weighted by atomic mass is 79.9. The highest BCUT2D eigenvalue weighted by Gasteiger charge is 2.44. The van der Waals surface area contributed by atoms with E-state index in [2.05, 4.69) is 15.9 Å². The number of benzene rings is 1. The van der Waals surface area contributed by atoms with Crippen molar-refractivity contribution < 1.29 is 9.66 Å². The number of nitrogens with zero attached hydrogens (tertiary/aromatic N) is 1. The zero-order chi connectivity index (χ0) is 14.0. The van der Waals surface area contributed by atoms with Crippen LogP contribution in [0.15, 0.2) is 22.7 Å². The van der Waals surface area contributed by atoms with Crippen molar-refractivity contribution in [1.82, 2.24) is 0 Å². The van der Waals surface area contributed by atoms with Gasteiger partial charge in [0, 0.05) is 22.4 Å². The normalized spacial score (nSPS) is 15.8. The van der Waals surface area contributed by atoms with Crippen molar-refractivity contribution >= 4 is 27.5 Å². The molecule has 1 aliphatic rings. The maximum atomic E-state index is 10.9. The molecule has 1 aliphatic carbocycles. The minimum Gasteiger partial charge on any atom is -0.486 e. The van der Waals surface area contributed by atoms with Crippen LogP contribution in [-0.2, 0) is 0 Å². The average Bonchev–Trinajstić information content (AvgIpc) is 3.06. The number of rotatable bonds is 6. The molecule has 1 aromatic rings. The first-order valence-electron chi connectivity index (χ1n) is 5.82. The predicted molar refractivity (Wildman–Crippen MR) is 74.5 cm³/mol. The maximum Gasteiger partial charge on any atom is 0.312 e. The summed E-state index contributed by atoms with van der Waals surface area (Å²) in [5.41, 5.74) is 5.23. The van der Waals surface area contributed by atoms with Crippen LogP contribution in [0.3, 0.4) is 0 Å². The van der Waals surface area contributed by atoms with E-state index in [9.17, 15) is 10.1 Å². The lowest BCUT2D eigenvalue weighted by Gasteiger charge is -2.15. The summed E-state index contributed by atoms with van der Waals surface area (Å²) in [4.78, 5) is 10.5. The fourth-order valence-corrected chi connectivity index (χ4v) is 2.29. The Morgan fingerprint density at radius 3 is 2.79 bits per heavy atom. The summed E-state index contributed by atoms with van der Waals surface area (Å²) in [5.74, 6) is 0.384. The van der Waals surface area contributed by atoms with Gasteiger partial charge in [0.2, 0.25) is 0 Å². The Balaban J connectivity index is 2.08. The van der Waals surface area contributed by atoms with Crippen LogP contribution in [0.25, 0.3) is 0 Å². The lowest BCUT2D eigenvalue weighted by atomic mass is 10.0. The van der Waals surface area contributed by atoms with E-state index in [1.165, 1.54) is 6.07 Å². The predicted octanol–water partition coefficient (Wildman–Crippen LogP) is 2.84. The van der Waals surface area contributed by atoms with Crippen LogP contribution in [0.4, 0.5) is 5.69 Å². The van der Waals surface area contributed by atoms with Crippen LogP contribution < -0.4 is 10.5 Å². The van der Waals surface area contributed by atoms with E-state index in [0.29, 0.717) is 17.5 Å². The molecule has 3 N–H and O–H groups in total. The largest absolute Gasteiger partial charge is 0.486 e. The zero-order valence-electron chi connectivity index (χ0n) is 10.2. The highest BCUT2D eigenvalue weighted by molar-refractivity contribution is 9.10. The summed E-state index contributed by atoms with van der Waals surface area (Å²) >= 11 is 3.20. The lowest BCUT2D eigenvalue weighted by Crippen LogP contribution is -2.21. The van der Waals surface area contributed by atoms with Crippen molar-refractivity contribution in [2.24, 2.45) is 11.1 Å². The summed E-state index contributed by atoms with van der Waals surface area (Å²) in [6, 6.07) is 4.69. The molecule has 0 atom stereocenters. The third-order valence-corrected chi connectivity index (χ3v) is 3.67. The monoisotopic (exact) mass is 327 g/mol. The van der Waals surface area contributed by atoms with Gasteiger partial charge in [0.05, 0.1) is 17.4 Å². The van der Waals surface area contributed by atoms with Crippen molar-refractivity contribution in [3.8, 4) is 5.75 Å². The van der Waals surface area contributed by atoms with Gasteiger partial charge in [0.1, 0.15) is 0 Å². The molecule has 0 spiro atoms. The second-order valence-electron chi connectivity index (χ2n) is 4.86. The molecule has 0 aliphatic heterocycles. The molecule has 0 unspecified atom stereocenters. The summed E-state index contributed by atoms with van der Waals surface area (Å²) in [5, 5.41) is 18.3. The number of nitro benzene ring substituents is 1. The van der Waals surface area contributed by atoms with Gasteiger partial charge in [0.25, 0.3) is 0 Å². The molecule has 1 fully saturated rings. The van der Waals surface area contributed by atoms with Crippen LogP contribution in [0.1, 0.15) is 19.3 Å². The van der Waals surface area contributed by atoms with E-state index < -0.39 is 4.92 Å². The third-order valence-electron chi connectivity index (χ3n) is 3.17. The van der Waals surface area contributed by atoms with Gasteiger partial charge in [-0.2, -0.15) is 0 Å². The maximum absolute atomic E-state index is 10.9. The fraction of sp³-hybridized carbons (Fsp3) is 0.417. The first kappa shape index (κ1) is 13.8. The molecule has 0 bridgehead atoms. The van der Waals surface area contributed by atoms with Crippen LogP contribution >= 0.6 is 15.9 Å². The molecule has 0 aromatic heterocycles. The van der Waals surface area contributed by atoms with Crippen LogP contribution in [0.5, 0.6) is 5.75 Å². The Morgan fingerprint density at radius 1 is 1.58 bits per heavy atom. The van der Waals surface area contributed by atoms with Gasteiger partial charge >= 0.3 is 5.69 Å². The van der Waals surface area contributed by atoms with Gasteiger partial charge in [0.15, 0.2) is 5.75 Å². The van der Waals surface area contributed by atoms with Crippen molar-refractivity contribution in [3.05, 3.63) is 32.8 Å². The van der Waals surface area contributed by atoms with E-state index in [1.807, 2.05) is 0 Å². The van der Waals surface area contributed by atoms with E-state index in [1.54, 1.807) is 12.1 Å². The minimum absolute atomic E-state index is 0.0620. The van der Waals surface area contributed by atoms with E-state index >= 15 is 0 Å². The van der Waals surface area contributed by atoms with E-state index in [-0.39, 0.29) is 22.7 Å². The molecule has 0 radical (unpaired) electrons. The molecule has 0 saturated heterocycles. The smallest absolute Gasteiger partial charge is 0.312 e. The van der Waals surface area contributed by atoms with Crippen molar-refractivity contribution in [2.45, 2.75) is 19.3 Å². The van der Waals surface area contributed by atoms with Crippen molar-refractivity contribution in [3.63, 3.8) is 0 Å². The number of amidine groups is 1. The molecule has 102 valence electrons. The number of hydrogen-bond donors (Lipinski definition) is 2. The topological polar surface area (TPSA) is 102 Å². The van der Waals surface area contributed by atoms with Crippen LogP contribution in [0.2, 0.25) is 0 Å². The standard InChI is InChI=1S/C12H14BrN3O3/c13-8-1-2-10(9(5-8)16(17)18)19-7-12(3-4-12)6-11(14)15/h1-2,5H,3-4,6-7H2,(H3,14,15). The van der Waals surface area contributed by atoms with Gasteiger partial charge in [-0.1, -0.05) is 15.9 Å². The third kappa shape index (κ3) is 3.44. The molecule has 6 nitrogen and oxygen atoms in total. The van der Waals surface area contributed by atoms with Gasteiger partial charge < -0.3 is 10.5 Å². The Morgan fingerprint density at radius 2 is 2.26 bits per heavy atom.